The minimum absolute atomic E-state index is 0.0434. The van der Waals surface area contributed by atoms with E-state index in [1.165, 1.54) is 11.0 Å². The van der Waals surface area contributed by atoms with Gasteiger partial charge in [-0.3, -0.25) is 9.36 Å². The van der Waals surface area contributed by atoms with Crippen LogP contribution in [0.1, 0.15) is 62.0 Å². The minimum atomic E-state index is -0.228. The number of hydrogen-bond acceptors (Lipinski definition) is 5. The van der Waals surface area contributed by atoms with Crippen molar-refractivity contribution >= 4 is 5.91 Å². The van der Waals surface area contributed by atoms with E-state index < -0.39 is 0 Å². The molecule has 0 spiro atoms. The van der Waals surface area contributed by atoms with E-state index in [-0.39, 0.29) is 17.5 Å². The number of aromatic amines is 1. The Morgan fingerprint density at radius 1 is 1.03 bits per heavy atom. The lowest BCUT2D eigenvalue weighted by atomic mass is 9.88. The molecule has 1 N–H and O–H groups in total. The maximum Gasteiger partial charge on any atom is 0.335 e. The van der Waals surface area contributed by atoms with Crippen molar-refractivity contribution in [3.05, 3.63) is 76.5 Å². The molecule has 1 saturated carbocycles. The molecule has 1 aliphatic carbocycles. The predicted octanol–water partition coefficient (Wildman–Crippen LogP) is 4.96. The summed E-state index contributed by atoms with van der Waals surface area (Å²) >= 11 is 0. The second-order valence-electron chi connectivity index (χ2n) is 10.1. The average molecular weight is 485 g/mol. The van der Waals surface area contributed by atoms with Crippen LogP contribution < -0.4 is 5.69 Å². The molecule has 5 rings (SSSR count). The lowest BCUT2D eigenvalue weighted by Crippen LogP contribution is -2.34. The van der Waals surface area contributed by atoms with Crippen LogP contribution in [0.25, 0.3) is 22.5 Å². The maximum absolute atomic E-state index is 13.4. The molecule has 0 radical (unpaired) electrons. The Morgan fingerprint density at radius 3 is 2.42 bits per heavy atom. The SMILES string of the molecule is CC(C)Cc1cn(C(=O)C2CCCCC2)c(=O)n1Cc1ccc(-c2ccccc2-c2nnn[nH]2)cc1. The highest BCUT2D eigenvalue weighted by Gasteiger charge is 2.26. The monoisotopic (exact) mass is 484 g/mol. The molecule has 0 bridgehead atoms. The first kappa shape index (κ1) is 23.9. The third-order valence-electron chi connectivity index (χ3n) is 7.00. The van der Waals surface area contributed by atoms with E-state index in [2.05, 4.69) is 46.6 Å². The fourth-order valence-electron chi connectivity index (χ4n) is 5.17. The number of hydrogen-bond donors (Lipinski definition) is 1. The Labute approximate surface area is 210 Å². The molecule has 4 aromatic rings. The van der Waals surface area contributed by atoms with Crippen molar-refractivity contribution in [2.24, 2.45) is 11.8 Å². The first-order chi connectivity index (χ1) is 17.5. The Morgan fingerprint density at radius 2 is 1.75 bits per heavy atom. The van der Waals surface area contributed by atoms with Gasteiger partial charge in [-0.05, 0) is 52.3 Å². The van der Waals surface area contributed by atoms with Gasteiger partial charge in [0, 0.05) is 23.4 Å². The molecule has 0 unspecified atom stereocenters. The molecule has 2 aromatic carbocycles. The van der Waals surface area contributed by atoms with Gasteiger partial charge >= 0.3 is 5.69 Å². The van der Waals surface area contributed by atoms with Crippen LogP contribution >= 0.6 is 0 Å². The number of benzene rings is 2. The van der Waals surface area contributed by atoms with Gasteiger partial charge in [-0.25, -0.2) is 14.5 Å². The molecule has 2 heterocycles. The maximum atomic E-state index is 13.4. The first-order valence-corrected chi connectivity index (χ1v) is 12.8. The van der Waals surface area contributed by atoms with E-state index in [1.807, 2.05) is 36.4 Å². The van der Waals surface area contributed by atoms with Crippen molar-refractivity contribution in [2.75, 3.05) is 0 Å². The number of tetrazole rings is 1. The molecule has 36 heavy (non-hydrogen) atoms. The number of nitrogens with one attached hydrogen (secondary N) is 1. The Hall–Kier alpha value is -3.81. The molecule has 8 heteroatoms. The van der Waals surface area contributed by atoms with E-state index in [0.29, 0.717) is 18.3 Å². The van der Waals surface area contributed by atoms with Gasteiger partial charge in [0.25, 0.3) is 0 Å². The van der Waals surface area contributed by atoms with Crippen molar-refractivity contribution in [1.82, 2.24) is 29.8 Å². The second-order valence-corrected chi connectivity index (χ2v) is 10.1. The number of carbonyl (C=O) groups is 1. The van der Waals surface area contributed by atoms with Gasteiger partial charge in [0.1, 0.15) is 0 Å². The van der Waals surface area contributed by atoms with Crippen LogP contribution in [-0.4, -0.2) is 35.7 Å². The number of imidazole rings is 1. The number of H-pyrrole nitrogens is 1. The van der Waals surface area contributed by atoms with Crippen LogP contribution in [0.5, 0.6) is 0 Å². The summed E-state index contributed by atoms with van der Waals surface area (Å²) in [5.41, 5.74) is 4.66. The zero-order chi connectivity index (χ0) is 25.1. The van der Waals surface area contributed by atoms with Crippen molar-refractivity contribution in [3.63, 3.8) is 0 Å². The molecule has 0 atom stereocenters. The highest BCUT2D eigenvalue weighted by molar-refractivity contribution is 5.81. The standard InChI is InChI=1S/C28H32N6O2/c1-19(2)16-23-18-34(27(35)22-8-4-3-5-9-22)28(36)33(23)17-20-12-14-21(15-13-20)24-10-6-7-11-25(24)26-29-31-32-30-26/h6-7,10-15,18-19,22H,3-5,8-9,16-17H2,1-2H3,(H,29,30,31,32). The van der Waals surface area contributed by atoms with Gasteiger partial charge in [-0.2, -0.15) is 0 Å². The Balaban J connectivity index is 1.43. The van der Waals surface area contributed by atoms with Crippen LogP contribution in [0.3, 0.4) is 0 Å². The lowest BCUT2D eigenvalue weighted by molar-refractivity contribution is 0.0796. The molecule has 1 aliphatic rings. The van der Waals surface area contributed by atoms with Crippen molar-refractivity contribution in [2.45, 2.75) is 58.9 Å². The van der Waals surface area contributed by atoms with Gasteiger partial charge in [0.15, 0.2) is 5.82 Å². The molecule has 8 nitrogen and oxygen atoms in total. The van der Waals surface area contributed by atoms with E-state index in [1.54, 1.807) is 10.8 Å². The summed E-state index contributed by atoms with van der Waals surface area (Å²) in [6.45, 7) is 4.69. The molecule has 2 aromatic heterocycles. The summed E-state index contributed by atoms with van der Waals surface area (Å²) in [5.74, 6) is 0.902. The smallest absolute Gasteiger partial charge is 0.292 e. The first-order valence-electron chi connectivity index (χ1n) is 12.8. The summed E-state index contributed by atoms with van der Waals surface area (Å²) in [7, 11) is 0. The molecule has 1 fully saturated rings. The fraction of sp³-hybridized carbons (Fsp3) is 0.393. The summed E-state index contributed by atoms with van der Waals surface area (Å²) in [6.07, 6.45) is 7.59. The number of nitrogens with zero attached hydrogens (tertiary/aromatic N) is 5. The van der Waals surface area contributed by atoms with Crippen molar-refractivity contribution in [3.8, 4) is 22.5 Å². The van der Waals surface area contributed by atoms with E-state index in [9.17, 15) is 9.59 Å². The highest BCUT2D eigenvalue weighted by atomic mass is 16.2. The molecular weight excluding hydrogens is 452 g/mol. The van der Waals surface area contributed by atoms with Gasteiger partial charge in [0.05, 0.1) is 6.54 Å². The Kier molecular flexibility index (Phi) is 6.93. The highest BCUT2D eigenvalue weighted by Crippen LogP contribution is 2.30. The van der Waals surface area contributed by atoms with Crippen molar-refractivity contribution < 1.29 is 4.79 Å². The molecule has 0 saturated heterocycles. The molecule has 186 valence electrons. The number of carbonyl (C=O) groups excluding carboxylic acids is 1. The normalized spacial score (nSPS) is 14.4. The van der Waals surface area contributed by atoms with Crippen LogP contribution in [0.2, 0.25) is 0 Å². The number of rotatable bonds is 7. The third-order valence-corrected chi connectivity index (χ3v) is 7.00. The number of aromatic nitrogens is 6. The van der Waals surface area contributed by atoms with Gasteiger partial charge in [0.2, 0.25) is 5.91 Å². The van der Waals surface area contributed by atoms with Crippen LogP contribution in [0.15, 0.2) is 59.5 Å². The second kappa shape index (κ2) is 10.4. The largest absolute Gasteiger partial charge is 0.335 e. The van der Waals surface area contributed by atoms with Gasteiger partial charge in [-0.1, -0.05) is 81.6 Å². The van der Waals surface area contributed by atoms with E-state index in [0.717, 1.165) is 60.1 Å². The van der Waals surface area contributed by atoms with Crippen LogP contribution in [0.4, 0.5) is 0 Å². The zero-order valence-corrected chi connectivity index (χ0v) is 20.9. The summed E-state index contributed by atoms with van der Waals surface area (Å²) in [5, 5.41) is 14.3. The quantitative estimate of drug-likeness (QED) is 0.400. The Bertz CT molecular complexity index is 1380. The van der Waals surface area contributed by atoms with Crippen molar-refractivity contribution in [1.29, 1.82) is 0 Å². The molecule has 0 amide bonds. The zero-order valence-electron chi connectivity index (χ0n) is 20.9. The van der Waals surface area contributed by atoms with Gasteiger partial charge < -0.3 is 0 Å². The van der Waals surface area contributed by atoms with Gasteiger partial charge in [-0.15, -0.1) is 5.10 Å². The third kappa shape index (κ3) is 4.94. The molecular formula is C28H32N6O2. The summed E-state index contributed by atoms with van der Waals surface area (Å²) in [4.78, 5) is 26.6. The lowest BCUT2D eigenvalue weighted by Gasteiger charge is -2.19. The van der Waals surface area contributed by atoms with E-state index in [4.69, 9.17) is 0 Å². The topological polar surface area (TPSA) is 98.5 Å². The van der Waals surface area contributed by atoms with Crippen LogP contribution in [-0.2, 0) is 13.0 Å². The minimum Gasteiger partial charge on any atom is -0.292 e. The van der Waals surface area contributed by atoms with Crippen LogP contribution in [0, 0.1) is 11.8 Å². The summed E-state index contributed by atoms with van der Waals surface area (Å²) in [6, 6.07) is 16.1. The fourth-order valence-corrected chi connectivity index (χ4v) is 5.17. The average Bonchev–Trinajstić information content (AvgIpc) is 3.54. The predicted molar refractivity (Wildman–Crippen MR) is 139 cm³/mol. The molecule has 0 aliphatic heterocycles. The summed E-state index contributed by atoms with van der Waals surface area (Å²) < 4.78 is 3.15. The van der Waals surface area contributed by atoms with E-state index >= 15 is 0 Å².